The molecule has 3 heteroatoms. The molecule has 3 heterocycles. The monoisotopic (exact) mass is 587 g/mol. The molecule has 46 heavy (non-hydrogen) atoms. The topological polar surface area (TPSA) is 30.7 Å². The highest BCUT2D eigenvalue weighted by Crippen LogP contribution is 2.54. The highest BCUT2D eigenvalue weighted by Gasteiger charge is 2.45. The summed E-state index contributed by atoms with van der Waals surface area (Å²) in [4.78, 5) is 9.99. The predicted octanol–water partition coefficient (Wildman–Crippen LogP) is 10.1. The minimum absolute atomic E-state index is 0.582. The third-order valence-electron chi connectivity index (χ3n) is 9.33. The second-order valence-corrected chi connectivity index (χ2v) is 11.8. The summed E-state index contributed by atoms with van der Waals surface area (Å²) in [5.74, 6) is 0.845. The molecular weight excluding hydrogens is 558 g/mol. The van der Waals surface area contributed by atoms with Gasteiger partial charge in [0.05, 0.1) is 22.1 Å². The number of hydrogen-bond donors (Lipinski definition) is 0. The number of imidazole rings is 1. The van der Waals surface area contributed by atoms with Crippen molar-refractivity contribution in [3.8, 4) is 39.5 Å². The molecule has 0 fully saturated rings. The number of nitrogens with zero attached hydrogens (tertiary/aromatic N) is 3. The Bertz CT molecular complexity index is 2300. The maximum absolute atomic E-state index is 5.23. The zero-order valence-corrected chi connectivity index (χ0v) is 25.1. The van der Waals surface area contributed by atoms with Gasteiger partial charge in [0.1, 0.15) is 5.69 Å². The van der Waals surface area contributed by atoms with Crippen molar-refractivity contribution < 1.29 is 0 Å². The van der Waals surface area contributed by atoms with E-state index >= 15 is 0 Å². The molecule has 0 N–H and O–H groups in total. The molecule has 2 aromatic heterocycles. The molecule has 0 atom stereocenters. The molecular formula is C43H29N3. The molecule has 0 aliphatic carbocycles. The second kappa shape index (κ2) is 10.5. The summed E-state index contributed by atoms with van der Waals surface area (Å²) in [6.07, 6.45) is 1.84. The Morgan fingerprint density at radius 3 is 1.76 bits per heavy atom. The molecule has 8 aromatic rings. The van der Waals surface area contributed by atoms with Crippen LogP contribution in [0, 0.1) is 0 Å². The quantitative estimate of drug-likeness (QED) is 0.201. The van der Waals surface area contributed by atoms with Crippen LogP contribution < -0.4 is 0 Å². The van der Waals surface area contributed by atoms with Crippen LogP contribution in [0.4, 0.5) is 0 Å². The van der Waals surface area contributed by atoms with E-state index in [2.05, 4.69) is 156 Å². The Morgan fingerprint density at radius 1 is 0.457 bits per heavy atom. The van der Waals surface area contributed by atoms with Gasteiger partial charge in [0, 0.05) is 6.20 Å². The molecule has 0 unspecified atom stereocenters. The number of hydrogen-bond acceptors (Lipinski definition) is 2. The van der Waals surface area contributed by atoms with Gasteiger partial charge in [0.25, 0.3) is 0 Å². The Hall–Kier alpha value is -6.06. The van der Waals surface area contributed by atoms with Crippen molar-refractivity contribution >= 4 is 11.0 Å². The maximum Gasteiger partial charge on any atom is 0.164 e. The van der Waals surface area contributed by atoms with Gasteiger partial charge in [0.2, 0.25) is 0 Å². The maximum atomic E-state index is 5.23. The van der Waals surface area contributed by atoms with Gasteiger partial charge in [-0.25, -0.2) is 4.98 Å². The summed E-state index contributed by atoms with van der Waals surface area (Å²) in [7, 11) is 0. The zero-order chi connectivity index (χ0) is 30.5. The summed E-state index contributed by atoms with van der Waals surface area (Å²) in [5.41, 5.74) is 13.1. The Balaban J connectivity index is 1.40. The van der Waals surface area contributed by atoms with E-state index in [9.17, 15) is 0 Å². The van der Waals surface area contributed by atoms with Crippen LogP contribution in [0.15, 0.2) is 176 Å². The van der Waals surface area contributed by atoms with Gasteiger partial charge < -0.3 is 0 Å². The van der Waals surface area contributed by atoms with Gasteiger partial charge in [0.15, 0.2) is 5.82 Å². The fourth-order valence-electron chi connectivity index (χ4n) is 7.36. The van der Waals surface area contributed by atoms with Gasteiger partial charge in [-0.1, -0.05) is 133 Å². The Labute approximate surface area is 268 Å². The lowest BCUT2D eigenvalue weighted by Gasteiger charge is -2.41. The van der Waals surface area contributed by atoms with Gasteiger partial charge in [-0.3, -0.25) is 9.55 Å². The Morgan fingerprint density at radius 2 is 1.07 bits per heavy atom. The normalized spacial score (nSPS) is 13.0. The highest BCUT2D eigenvalue weighted by molar-refractivity contribution is 5.93. The fraction of sp³-hybridized carbons (Fsp3) is 0.0233. The van der Waals surface area contributed by atoms with Gasteiger partial charge >= 0.3 is 0 Å². The van der Waals surface area contributed by atoms with Gasteiger partial charge in [-0.2, -0.15) is 0 Å². The van der Waals surface area contributed by atoms with Gasteiger partial charge in [-0.05, 0) is 80.9 Å². The number of rotatable bonds is 5. The third kappa shape index (κ3) is 3.92. The lowest BCUT2D eigenvalue weighted by atomic mass is 9.63. The number of pyridine rings is 1. The summed E-state index contributed by atoms with van der Waals surface area (Å²) in [6, 6.07) is 60.9. The van der Waals surface area contributed by atoms with Crippen LogP contribution in [-0.4, -0.2) is 14.5 Å². The molecule has 0 saturated carbocycles. The smallest absolute Gasteiger partial charge is 0.164 e. The molecule has 1 aliphatic rings. The lowest BCUT2D eigenvalue weighted by Crippen LogP contribution is -2.35. The van der Waals surface area contributed by atoms with E-state index in [4.69, 9.17) is 9.97 Å². The number of aromatic nitrogens is 3. The molecule has 3 nitrogen and oxygen atoms in total. The van der Waals surface area contributed by atoms with Crippen molar-refractivity contribution in [1.82, 2.24) is 14.5 Å². The van der Waals surface area contributed by atoms with E-state index in [1.807, 2.05) is 24.4 Å². The van der Waals surface area contributed by atoms with Crippen molar-refractivity contribution in [2.24, 2.45) is 0 Å². The standard InChI is InChI=1S/C43H29N3/c1-4-14-30(15-5-1)31-16-12-17-32(28-31)33-25-26-40-37(29-33)43(34-18-6-2-7-19-34,35-20-8-3-9-21-35)36-22-13-24-38-41(36)46(40)42(45-38)39-23-10-11-27-44-39/h1-29H. The van der Waals surface area contributed by atoms with Gasteiger partial charge in [-0.15, -0.1) is 0 Å². The van der Waals surface area contributed by atoms with Crippen LogP contribution in [-0.2, 0) is 5.41 Å². The molecule has 0 radical (unpaired) electrons. The van der Waals surface area contributed by atoms with Crippen LogP contribution in [0.5, 0.6) is 0 Å². The van der Waals surface area contributed by atoms with Crippen molar-refractivity contribution in [2.75, 3.05) is 0 Å². The van der Waals surface area contributed by atoms with E-state index < -0.39 is 5.41 Å². The molecule has 6 aromatic carbocycles. The first kappa shape index (κ1) is 26.4. The minimum atomic E-state index is -0.582. The average Bonchev–Trinajstić information content (AvgIpc) is 3.54. The summed E-state index contributed by atoms with van der Waals surface area (Å²) >= 11 is 0. The van der Waals surface area contributed by atoms with E-state index in [1.54, 1.807) is 0 Å². The predicted molar refractivity (Wildman–Crippen MR) is 187 cm³/mol. The van der Waals surface area contributed by atoms with E-state index in [-0.39, 0.29) is 0 Å². The van der Waals surface area contributed by atoms with Crippen molar-refractivity contribution in [3.05, 3.63) is 198 Å². The van der Waals surface area contributed by atoms with Crippen LogP contribution in [0.25, 0.3) is 50.5 Å². The van der Waals surface area contributed by atoms with Crippen molar-refractivity contribution in [3.63, 3.8) is 0 Å². The minimum Gasteiger partial charge on any atom is -0.290 e. The fourth-order valence-corrected chi connectivity index (χ4v) is 7.36. The molecule has 0 spiro atoms. The zero-order valence-electron chi connectivity index (χ0n) is 25.1. The molecule has 216 valence electrons. The number of fused-ring (bicyclic) bond motifs is 2. The largest absolute Gasteiger partial charge is 0.290 e. The second-order valence-electron chi connectivity index (χ2n) is 11.8. The van der Waals surface area contributed by atoms with E-state index in [1.165, 1.54) is 44.5 Å². The molecule has 0 amide bonds. The number of benzene rings is 6. The molecule has 1 aliphatic heterocycles. The SMILES string of the molecule is c1ccc(-c2cccc(-c3ccc4c(c3)C(c3ccccc3)(c3ccccc3)c3cccc5nc(-c6ccccn6)n-4c35)c2)cc1. The molecule has 9 rings (SSSR count). The summed E-state index contributed by atoms with van der Waals surface area (Å²) in [5, 5.41) is 0. The van der Waals surface area contributed by atoms with Crippen LogP contribution in [0.1, 0.15) is 22.3 Å². The van der Waals surface area contributed by atoms with Crippen LogP contribution >= 0.6 is 0 Å². The Kier molecular flexibility index (Phi) is 6.04. The average molecular weight is 588 g/mol. The number of para-hydroxylation sites is 1. The highest BCUT2D eigenvalue weighted by atomic mass is 15.1. The van der Waals surface area contributed by atoms with Crippen molar-refractivity contribution in [2.45, 2.75) is 5.41 Å². The lowest BCUT2D eigenvalue weighted by molar-refractivity contribution is 0.725. The molecule has 0 bridgehead atoms. The molecule has 0 saturated heterocycles. The first-order chi connectivity index (χ1) is 22.8. The summed E-state index contributed by atoms with van der Waals surface area (Å²) in [6.45, 7) is 0. The summed E-state index contributed by atoms with van der Waals surface area (Å²) < 4.78 is 2.33. The van der Waals surface area contributed by atoms with E-state index in [0.29, 0.717) is 0 Å². The van der Waals surface area contributed by atoms with Crippen molar-refractivity contribution in [1.29, 1.82) is 0 Å². The van der Waals surface area contributed by atoms with Crippen LogP contribution in [0.3, 0.4) is 0 Å². The van der Waals surface area contributed by atoms with Crippen LogP contribution in [0.2, 0.25) is 0 Å². The third-order valence-corrected chi connectivity index (χ3v) is 9.33. The first-order valence-electron chi connectivity index (χ1n) is 15.7. The first-order valence-corrected chi connectivity index (χ1v) is 15.7. The van der Waals surface area contributed by atoms with E-state index in [0.717, 1.165) is 28.2 Å².